The van der Waals surface area contributed by atoms with E-state index in [1.165, 1.54) is 0 Å². The fourth-order valence-electron chi connectivity index (χ4n) is 1.21. The van der Waals surface area contributed by atoms with E-state index in [9.17, 15) is 4.21 Å². The van der Waals surface area contributed by atoms with Gasteiger partial charge in [-0.15, -0.1) is 0 Å². The lowest BCUT2D eigenvalue weighted by atomic mass is 10.1. The second-order valence-electron chi connectivity index (χ2n) is 4.89. The molecule has 1 aromatic rings. The minimum absolute atomic E-state index is 0.364. The van der Waals surface area contributed by atoms with Crippen LogP contribution in [0.4, 0.5) is 0 Å². The molecule has 0 fully saturated rings. The van der Waals surface area contributed by atoms with E-state index >= 15 is 0 Å². The number of hydrogen-bond donors (Lipinski definition) is 0. The number of hydrogen-bond acceptors (Lipinski definition) is 2. The minimum atomic E-state index is -1.27. The number of ether oxygens (including phenoxy) is 1. The molecule has 0 aliphatic carbocycles. The van der Waals surface area contributed by atoms with Gasteiger partial charge in [0.25, 0.3) is 0 Å². The Hall–Kier alpha value is -0.870. The first-order chi connectivity index (χ1) is 8.25. The third kappa shape index (κ3) is 3.82. The quantitative estimate of drug-likeness (QED) is 0.797. The molecule has 1 atom stereocenters. The maximum atomic E-state index is 11.9. The minimum Gasteiger partial charge on any atom is -0.495 e. The lowest BCUT2D eigenvalue weighted by molar-refractivity contribution is 0.415. The summed E-state index contributed by atoms with van der Waals surface area (Å²) in [5.74, 6) is 0.616. The van der Waals surface area contributed by atoms with Gasteiger partial charge in [0.15, 0.2) is 0 Å². The predicted octanol–water partition coefficient (Wildman–Crippen LogP) is 3.62. The van der Waals surface area contributed by atoms with Gasteiger partial charge in [-0.25, -0.2) is 4.21 Å². The monoisotopic (exact) mass is 287 g/mol. The van der Waals surface area contributed by atoms with Crippen molar-refractivity contribution in [1.29, 1.82) is 0 Å². The Labute approximate surface area is 116 Å². The van der Waals surface area contributed by atoms with E-state index < -0.39 is 11.0 Å². The summed E-state index contributed by atoms with van der Waals surface area (Å²) in [5.41, 5.74) is 1.55. The van der Waals surface area contributed by atoms with Crippen LogP contribution in [0, 0.1) is 0 Å². The molecule has 0 radical (unpaired) electrons. The Morgan fingerprint density at radius 2 is 2.00 bits per heavy atom. The molecule has 0 heterocycles. The summed E-state index contributed by atoms with van der Waals surface area (Å²) in [6, 6.07) is 5.39. The second kappa shape index (κ2) is 5.85. The van der Waals surface area contributed by atoms with Gasteiger partial charge in [0.2, 0.25) is 0 Å². The zero-order valence-electron chi connectivity index (χ0n) is 11.3. The molecular formula is C13H18ClNO2S. The van der Waals surface area contributed by atoms with Crippen molar-refractivity contribution in [2.24, 2.45) is 4.40 Å². The summed E-state index contributed by atoms with van der Waals surface area (Å²) < 4.78 is 20.8. The van der Waals surface area contributed by atoms with E-state index in [1.54, 1.807) is 19.2 Å². The molecule has 0 N–H and O–H groups in total. The molecule has 0 aliphatic rings. The lowest BCUT2D eigenvalue weighted by Gasteiger charge is -2.14. The fourth-order valence-corrected chi connectivity index (χ4v) is 2.09. The van der Waals surface area contributed by atoms with Crippen molar-refractivity contribution in [2.45, 2.75) is 32.4 Å². The number of rotatable bonds is 3. The summed E-state index contributed by atoms with van der Waals surface area (Å²) in [4.78, 5) is 0. The van der Waals surface area contributed by atoms with E-state index in [1.807, 2.05) is 33.8 Å². The van der Waals surface area contributed by atoms with Crippen molar-refractivity contribution in [3.05, 3.63) is 28.8 Å². The van der Waals surface area contributed by atoms with Crippen molar-refractivity contribution < 1.29 is 8.95 Å². The Kier molecular flexibility index (Phi) is 4.93. The first-order valence-corrected chi connectivity index (χ1v) is 7.05. The maximum Gasteiger partial charge on any atom is 0.145 e. The molecule has 0 bridgehead atoms. The maximum absolute atomic E-state index is 11.9. The van der Waals surface area contributed by atoms with Gasteiger partial charge in [0, 0.05) is 0 Å². The van der Waals surface area contributed by atoms with Gasteiger partial charge in [0.05, 0.1) is 22.6 Å². The van der Waals surface area contributed by atoms with Crippen LogP contribution in [0.3, 0.4) is 0 Å². The van der Waals surface area contributed by atoms with Gasteiger partial charge in [-0.1, -0.05) is 11.6 Å². The summed E-state index contributed by atoms with van der Waals surface area (Å²) in [5, 5.41) is 0.520. The number of nitrogens with zero attached hydrogens (tertiary/aromatic N) is 1. The molecule has 3 nitrogen and oxygen atoms in total. The Morgan fingerprint density at radius 3 is 2.44 bits per heavy atom. The first kappa shape index (κ1) is 15.2. The van der Waals surface area contributed by atoms with Gasteiger partial charge in [0.1, 0.15) is 16.7 Å². The highest BCUT2D eigenvalue weighted by Gasteiger charge is 2.19. The van der Waals surface area contributed by atoms with Crippen LogP contribution in [-0.2, 0) is 11.0 Å². The molecule has 1 rings (SSSR count). The Morgan fingerprint density at radius 1 is 1.39 bits per heavy atom. The second-order valence-corrected chi connectivity index (χ2v) is 7.20. The van der Waals surface area contributed by atoms with Crippen molar-refractivity contribution in [3.63, 3.8) is 0 Å². The van der Waals surface area contributed by atoms with E-state index in [0.29, 0.717) is 16.5 Å². The number of halogens is 1. The zero-order chi connectivity index (χ0) is 13.9. The topological polar surface area (TPSA) is 38.7 Å². The van der Waals surface area contributed by atoms with Crippen molar-refractivity contribution in [2.75, 3.05) is 7.11 Å². The average molecular weight is 288 g/mol. The molecule has 0 spiro atoms. The van der Waals surface area contributed by atoms with Gasteiger partial charge in [-0.2, -0.15) is 4.40 Å². The highest BCUT2D eigenvalue weighted by atomic mass is 35.5. The van der Waals surface area contributed by atoms with Crippen molar-refractivity contribution in [1.82, 2.24) is 0 Å². The SMILES string of the molecule is COc1ccc(/C(C)=N/[S@@](=O)C(C)(C)C)cc1Cl. The smallest absolute Gasteiger partial charge is 0.145 e. The summed E-state index contributed by atoms with van der Waals surface area (Å²) in [7, 11) is 0.298. The molecule has 0 amide bonds. The van der Waals surface area contributed by atoms with E-state index in [-0.39, 0.29) is 4.75 Å². The first-order valence-electron chi connectivity index (χ1n) is 5.57. The molecule has 1 aromatic carbocycles. The third-order valence-corrected chi connectivity index (χ3v) is 4.10. The molecule has 0 aliphatic heterocycles. The van der Waals surface area contributed by atoms with Crippen LogP contribution in [0.15, 0.2) is 22.6 Å². The van der Waals surface area contributed by atoms with Crippen LogP contribution in [-0.4, -0.2) is 21.8 Å². The van der Waals surface area contributed by atoms with Crippen LogP contribution in [0.1, 0.15) is 33.3 Å². The van der Waals surface area contributed by atoms with Crippen LogP contribution in [0.2, 0.25) is 5.02 Å². The molecule has 18 heavy (non-hydrogen) atoms. The van der Waals surface area contributed by atoms with E-state index in [0.717, 1.165) is 5.56 Å². The Balaban J connectivity index is 3.05. The molecule has 0 saturated carbocycles. The van der Waals surface area contributed by atoms with Gasteiger partial charge in [-0.3, -0.25) is 0 Å². The average Bonchev–Trinajstić information content (AvgIpc) is 2.27. The molecule has 100 valence electrons. The van der Waals surface area contributed by atoms with Gasteiger partial charge < -0.3 is 4.74 Å². The van der Waals surface area contributed by atoms with Crippen LogP contribution in [0.25, 0.3) is 0 Å². The predicted molar refractivity (Wildman–Crippen MR) is 78.1 cm³/mol. The normalized spacial score (nSPS) is 14.4. The van der Waals surface area contributed by atoms with Gasteiger partial charge >= 0.3 is 0 Å². The summed E-state index contributed by atoms with van der Waals surface area (Å²) >= 11 is 6.04. The summed E-state index contributed by atoms with van der Waals surface area (Å²) in [6.07, 6.45) is 0. The zero-order valence-corrected chi connectivity index (χ0v) is 12.9. The molecular weight excluding hydrogens is 270 g/mol. The molecule has 0 aromatic heterocycles. The largest absolute Gasteiger partial charge is 0.495 e. The molecule has 5 heteroatoms. The van der Waals surface area contributed by atoms with Gasteiger partial charge in [-0.05, 0) is 51.5 Å². The molecule has 0 saturated heterocycles. The highest BCUT2D eigenvalue weighted by molar-refractivity contribution is 7.85. The van der Waals surface area contributed by atoms with Crippen LogP contribution >= 0.6 is 11.6 Å². The summed E-state index contributed by atoms with van der Waals surface area (Å²) in [6.45, 7) is 7.49. The van der Waals surface area contributed by atoms with Crippen LogP contribution < -0.4 is 4.74 Å². The third-order valence-electron chi connectivity index (χ3n) is 2.31. The van der Waals surface area contributed by atoms with Crippen LogP contribution in [0.5, 0.6) is 5.75 Å². The van der Waals surface area contributed by atoms with Crippen molar-refractivity contribution in [3.8, 4) is 5.75 Å². The number of methoxy groups -OCH3 is 1. The van der Waals surface area contributed by atoms with E-state index in [4.69, 9.17) is 16.3 Å². The number of benzene rings is 1. The lowest BCUT2D eigenvalue weighted by Crippen LogP contribution is -2.20. The van der Waals surface area contributed by atoms with E-state index in [2.05, 4.69) is 4.40 Å². The fraction of sp³-hybridized carbons (Fsp3) is 0.462. The van der Waals surface area contributed by atoms with Crippen molar-refractivity contribution >= 4 is 28.3 Å². The molecule has 0 unspecified atom stereocenters. The highest BCUT2D eigenvalue weighted by Crippen LogP contribution is 2.25. The Bertz CT molecular complexity index is 492. The standard InChI is InChI=1S/C13H18ClNO2S/c1-9(15-18(16)13(2,3)4)10-6-7-12(17-5)11(14)8-10/h6-8H,1-5H3/b15-9+/t18-/m0/s1.